The fraction of sp³-hybridized carbons (Fsp3) is 0.375. The molecule has 0 radical (unpaired) electrons. The molecule has 1 aromatic heterocycles. The molecule has 0 spiro atoms. The molecule has 0 bridgehead atoms. The van der Waals surface area contributed by atoms with Gasteiger partial charge in [-0.25, -0.2) is 4.98 Å². The molecule has 0 saturated carbocycles. The maximum Gasteiger partial charge on any atom is 0.228 e. The minimum atomic E-state index is -0.264. The van der Waals surface area contributed by atoms with Gasteiger partial charge in [-0.15, -0.1) is 0 Å². The maximum atomic E-state index is 12.2. The van der Waals surface area contributed by atoms with Gasteiger partial charge in [0.05, 0.1) is 12.2 Å². The minimum Gasteiger partial charge on any atom is -0.356 e. The van der Waals surface area contributed by atoms with E-state index in [4.69, 9.17) is 5.73 Å². The first kappa shape index (κ1) is 15.3. The van der Waals surface area contributed by atoms with Crippen LogP contribution in [0.1, 0.15) is 24.3 Å². The molecule has 2 aromatic rings. The number of amides is 1. The quantitative estimate of drug-likeness (QED) is 0.723. The molecule has 0 saturated heterocycles. The van der Waals surface area contributed by atoms with E-state index in [1.54, 1.807) is 12.5 Å². The van der Waals surface area contributed by atoms with Gasteiger partial charge in [0.15, 0.2) is 0 Å². The number of aromatic nitrogens is 2. The molecule has 21 heavy (non-hydrogen) atoms. The van der Waals surface area contributed by atoms with Crippen LogP contribution in [-0.4, -0.2) is 28.5 Å². The van der Waals surface area contributed by atoms with Crippen LogP contribution >= 0.6 is 0 Å². The molecule has 0 aliphatic rings. The van der Waals surface area contributed by atoms with Gasteiger partial charge in [0.1, 0.15) is 0 Å². The lowest BCUT2D eigenvalue weighted by Gasteiger charge is -2.15. The van der Waals surface area contributed by atoms with Crippen LogP contribution in [0.15, 0.2) is 49.1 Å². The second-order valence-electron chi connectivity index (χ2n) is 5.00. The van der Waals surface area contributed by atoms with Gasteiger partial charge in [0.2, 0.25) is 5.91 Å². The summed E-state index contributed by atoms with van der Waals surface area (Å²) in [6.07, 6.45) is 7.47. The van der Waals surface area contributed by atoms with E-state index in [-0.39, 0.29) is 11.8 Å². The molecule has 0 fully saturated rings. The van der Waals surface area contributed by atoms with Crippen molar-refractivity contribution >= 4 is 5.91 Å². The van der Waals surface area contributed by atoms with Crippen molar-refractivity contribution in [3.8, 4) is 0 Å². The summed E-state index contributed by atoms with van der Waals surface area (Å²) >= 11 is 0. The number of rotatable bonds is 8. The van der Waals surface area contributed by atoms with Gasteiger partial charge in [0, 0.05) is 32.0 Å². The first-order chi connectivity index (χ1) is 10.3. The van der Waals surface area contributed by atoms with E-state index in [0.717, 1.165) is 24.9 Å². The number of aryl methyl sites for hydroxylation is 1. The lowest BCUT2D eigenvalue weighted by atomic mass is 9.98. The topological polar surface area (TPSA) is 72.9 Å². The number of imidazole rings is 1. The Morgan fingerprint density at radius 1 is 1.29 bits per heavy atom. The zero-order chi connectivity index (χ0) is 14.9. The number of benzene rings is 1. The van der Waals surface area contributed by atoms with Crippen molar-refractivity contribution in [2.45, 2.75) is 25.3 Å². The van der Waals surface area contributed by atoms with Crippen LogP contribution in [0.25, 0.3) is 0 Å². The molecule has 1 aromatic carbocycles. The zero-order valence-corrected chi connectivity index (χ0v) is 12.1. The number of nitrogens with two attached hydrogens (primary N) is 1. The van der Waals surface area contributed by atoms with E-state index in [9.17, 15) is 4.79 Å². The molecule has 5 nitrogen and oxygen atoms in total. The number of carbonyl (C=O) groups is 1. The molecule has 0 aliphatic carbocycles. The predicted octanol–water partition coefficient (Wildman–Crippen LogP) is 1.52. The number of unbranched alkanes of at least 4 members (excludes halogenated alkanes) is 1. The third kappa shape index (κ3) is 4.72. The number of nitrogens with zero attached hydrogens (tertiary/aromatic N) is 2. The molecular formula is C16H22N4O. The second kappa shape index (κ2) is 8.21. The van der Waals surface area contributed by atoms with Crippen molar-refractivity contribution in [2.75, 3.05) is 13.1 Å². The number of nitrogens with one attached hydrogen (secondary N) is 1. The third-order valence-electron chi connectivity index (χ3n) is 3.46. The highest BCUT2D eigenvalue weighted by atomic mass is 16.1. The van der Waals surface area contributed by atoms with Crippen molar-refractivity contribution in [3.05, 3.63) is 54.6 Å². The van der Waals surface area contributed by atoms with Gasteiger partial charge in [0.25, 0.3) is 0 Å². The molecule has 0 aliphatic heterocycles. The van der Waals surface area contributed by atoms with E-state index >= 15 is 0 Å². The number of hydrogen-bond acceptors (Lipinski definition) is 3. The Morgan fingerprint density at radius 2 is 2.10 bits per heavy atom. The maximum absolute atomic E-state index is 12.2. The highest BCUT2D eigenvalue weighted by Crippen LogP contribution is 2.14. The Kier molecular flexibility index (Phi) is 5.97. The van der Waals surface area contributed by atoms with Crippen LogP contribution in [0.4, 0.5) is 0 Å². The molecule has 3 N–H and O–H groups in total. The first-order valence-corrected chi connectivity index (χ1v) is 7.29. The summed E-state index contributed by atoms with van der Waals surface area (Å²) in [7, 11) is 0. The standard InChI is InChI=1S/C16H22N4O/c17-12-15(14-6-2-1-3-7-14)16(21)19-8-4-5-10-20-11-9-18-13-20/h1-3,6-7,9,11,13,15H,4-5,8,10,12,17H2,(H,19,21). The highest BCUT2D eigenvalue weighted by Gasteiger charge is 2.17. The molecule has 2 rings (SSSR count). The van der Waals surface area contributed by atoms with Crippen LogP contribution in [-0.2, 0) is 11.3 Å². The SMILES string of the molecule is NCC(C(=O)NCCCCn1ccnc1)c1ccccc1. The van der Waals surface area contributed by atoms with Crippen LogP contribution in [0, 0.1) is 0 Å². The first-order valence-electron chi connectivity index (χ1n) is 7.29. The van der Waals surface area contributed by atoms with Crippen LogP contribution < -0.4 is 11.1 Å². The number of hydrogen-bond donors (Lipinski definition) is 2. The van der Waals surface area contributed by atoms with Gasteiger partial charge in [-0.1, -0.05) is 30.3 Å². The summed E-state index contributed by atoms with van der Waals surface area (Å²) in [5, 5.41) is 2.97. The predicted molar refractivity (Wildman–Crippen MR) is 82.7 cm³/mol. The Bertz CT molecular complexity index is 524. The van der Waals surface area contributed by atoms with Crippen molar-refractivity contribution in [1.82, 2.24) is 14.9 Å². The Hall–Kier alpha value is -2.14. The van der Waals surface area contributed by atoms with Gasteiger partial charge in [-0.2, -0.15) is 0 Å². The molecule has 1 heterocycles. The fourth-order valence-electron chi connectivity index (χ4n) is 2.25. The van der Waals surface area contributed by atoms with Crippen LogP contribution in [0.3, 0.4) is 0 Å². The van der Waals surface area contributed by atoms with E-state index < -0.39 is 0 Å². The highest BCUT2D eigenvalue weighted by molar-refractivity contribution is 5.83. The van der Waals surface area contributed by atoms with Crippen molar-refractivity contribution in [2.24, 2.45) is 5.73 Å². The van der Waals surface area contributed by atoms with Crippen LogP contribution in [0.2, 0.25) is 0 Å². The smallest absolute Gasteiger partial charge is 0.228 e. The van der Waals surface area contributed by atoms with Gasteiger partial charge >= 0.3 is 0 Å². The van der Waals surface area contributed by atoms with E-state index in [1.807, 2.05) is 41.1 Å². The average Bonchev–Trinajstić information content (AvgIpc) is 3.02. The summed E-state index contributed by atoms with van der Waals surface area (Å²) in [5.74, 6) is -0.258. The van der Waals surface area contributed by atoms with Crippen molar-refractivity contribution in [3.63, 3.8) is 0 Å². The Labute approximate surface area is 125 Å². The fourth-order valence-corrected chi connectivity index (χ4v) is 2.25. The van der Waals surface area contributed by atoms with E-state index in [0.29, 0.717) is 13.1 Å². The van der Waals surface area contributed by atoms with Crippen LogP contribution in [0.5, 0.6) is 0 Å². The second-order valence-corrected chi connectivity index (χ2v) is 5.00. The third-order valence-corrected chi connectivity index (χ3v) is 3.46. The average molecular weight is 286 g/mol. The lowest BCUT2D eigenvalue weighted by molar-refractivity contribution is -0.122. The summed E-state index contributed by atoms with van der Waals surface area (Å²) < 4.78 is 2.04. The van der Waals surface area contributed by atoms with Gasteiger partial charge in [-0.3, -0.25) is 4.79 Å². The minimum absolute atomic E-state index is 0.00586. The van der Waals surface area contributed by atoms with Gasteiger partial charge < -0.3 is 15.6 Å². The molecular weight excluding hydrogens is 264 g/mol. The summed E-state index contributed by atoms with van der Waals surface area (Å²) in [6.45, 7) is 1.93. The van der Waals surface area contributed by atoms with E-state index in [2.05, 4.69) is 10.3 Å². The Morgan fingerprint density at radius 3 is 2.76 bits per heavy atom. The normalized spacial score (nSPS) is 12.0. The largest absolute Gasteiger partial charge is 0.356 e. The summed E-state index contributed by atoms with van der Waals surface area (Å²) in [5.41, 5.74) is 6.70. The molecule has 112 valence electrons. The van der Waals surface area contributed by atoms with Crippen molar-refractivity contribution in [1.29, 1.82) is 0 Å². The molecule has 1 amide bonds. The molecule has 5 heteroatoms. The summed E-state index contributed by atoms with van der Waals surface area (Å²) in [6, 6.07) is 9.67. The lowest BCUT2D eigenvalue weighted by Crippen LogP contribution is -2.34. The molecule has 1 atom stereocenters. The summed E-state index contributed by atoms with van der Waals surface area (Å²) in [4.78, 5) is 16.2. The monoisotopic (exact) mass is 286 g/mol. The van der Waals surface area contributed by atoms with E-state index in [1.165, 1.54) is 0 Å². The molecule has 1 unspecified atom stereocenters. The van der Waals surface area contributed by atoms with Gasteiger partial charge in [-0.05, 0) is 18.4 Å². The van der Waals surface area contributed by atoms with Crippen molar-refractivity contribution < 1.29 is 4.79 Å². The Balaban J connectivity index is 1.70. The number of carbonyl (C=O) groups excluding carboxylic acids is 1. The zero-order valence-electron chi connectivity index (χ0n) is 12.1.